The van der Waals surface area contributed by atoms with Crippen LogP contribution in [-0.4, -0.2) is 40.5 Å². The van der Waals surface area contributed by atoms with Crippen molar-refractivity contribution in [2.75, 3.05) is 50.7 Å². The van der Waals surface area contributed by atoms with Gasteiger partial charge in [-0.25, -0.2) is 0 Å². The van der Waals surface area contributed by atoms with Gasteiger partial charge in [0.05, 0.1) is 13.2 Å². The maximum absolute atomic E-state index is 5.59. The molecular weight excluding hydrogens is 625 g/mol. The summed E-state index contributed by atoms with van der Waals surface area (Å²) < 4.78 is 11.0. The smallest absolute Gasteiger partial charge is 0.0642 e. The molecule has 1 heterocycles. The van der Waals surface area contributed by atoms with Crippen LogP contribution < -0.4 is 10.2 Å². The Bertz CT molecular complexity index is 2060. The molecule has 4 aromatic rings. The SMILES string of the molecule is C/C=C(/C=C/C1=C(C)C(=C/C=C2/N(CCOC)c3ccc4ccccc4c3C2(C)C)/CCC1)C(C)(C)c1c(NCCOC)ccc2ccccc12. The number of benzene rings is 4. The van der Waals surface area contributed by atoms with E-state index in [2.05, 4.69) is 155 Å². The monoisotopic (exact) mass is 680 g/mol. The molecule has 4 nitrogen and oxygen atoms in total. The summed E-state index contributed by atoms with van der Waals surface area (Å²) in [6, 6.07) is 26.5. The van der Waals surface area contributed by atoms with Crippen LogP contribution in [0, 0.1) is 0 Å². The van der Waals surface area contributed by atoms with E-state index in [0.29, 0.717) is 13.2 Å². The average molecular weight is 681 g/mol. The number of ether oxygens (including phenoxy) is 2. The highest BCUT2D eigenvalue weighted by Crippen LogP contribution is 2.51. The van der Waals surface area contributed by atoms with E-state index in [-0.39, 0.29) is 10.8 Å². The third-order valence-corrected chi connectivity index (χ3v) is 11.2. The van der Waals surface area contributed by atoms with Crippen molar-refractivity contribution in [3.05, 3.63) is 142 Å². The third kappa shape index (κ3) is 7.09. The molecule has 51 heavy (non-hydrogen) atoms. The highest BCUT2D eigenvalue weighted by atomic mass is 16.5. The molecule has 4 aromatic carbocycles. The summed E-state index contributed by atoms with van der Waals surface area (Å²) in [5.41, 5.74) is 11.7. The minimum absolute atomic E-state index is 0.138. The van der Waals surface area contributed by atoms with Crippen LogP contribution >= 0.6 is 0 Å². The molecular formula is C47H56N2O2. The molecule has 1 N–H and O–H groups in total. The predicted octanol–water partition coefficient (Wildman–Crippen LogP) is 11.6. The topological polar surface area (TPSA) is 33.7 Å². The zero-order chi connectivity index (χ0) is 36.2. The third-order valence-electron chi connectivity index (χ3n) is 11.2. The first-order valence-electron chi connectivity index (χ1n) is 18.6. The average Bonchev–Trinajstić information content (AvgIpc) is 3.35. The van der Waals surface area contributed by atoms with E-state index >= 15 is 0 Å². The van der Waals surface area contributed by atoms with E-state index < -0.39 is 0 Å². The van der Waals surface area contributed by atoms with Crippen molar-refractivity contribution >= 4 is 32.9 Å². The Morgan fingerprint density at radius 2 is 1.55 bits per heavy atom. The Labute approximate surface area is 306 Å². The van der Waals surface area contributed by atoms with Crippen molar-refractivity contribution in [3.63, 3.8) is 0 Å². The van der Waals surface area contributed by atoms with E-state index in [0.717, 1.165) is 32.4 Å². The maximum Gasteiger partial charge on any atom is 0.0642 e. The largest absolute Gasteiger partial charge is 0.383 e. The quantitative estimate of drug-likeness (QED) is 0.119. The van der Waals surface area contributed by atoms with E-state index in [1.807, 2.05) is 0 Å². The fraction of sp³-hybridized carbons (Fsp3) is 0.362. The van der Waals surface area contributed by atoms with Gasteiger partial charge in [0.25, 0.3) is 0 Å². The fourth-order valence-electron chi connectivity index (χ4n) is 8.49. The Balaban J connectivity index is 1.34. The zero-order valence-electron chi connectivity index (χ0n) is 32.0. The summed E-state index contributed by atoms with van der Waals surface area (Å²) in [5, 5.41) is 8.85. The maximum atomic E-state index is 5.59. The molecule has 0 saturated carbocycles. The summed E-state index contributed by atoms with van der Waals surface area (Å²) >= 11 is 0. The van der Waals surface area contributed by atoms with Crippen LogP contribution in [0.4, 0.5) is 11.4 Å². The molecule has 4 heteroatoms. The standard InChI is InChI=1S/C47H56N2O2/c1-9-38(46(3,4)44-39-19-12-10-15-36(39)22-26-41(44)48-29-31-50-7)25-21-34-17-14-18-35(33(34)2)24-28-43-47(5,6)45-40-20-13-11-16-37(40)23-27-42(45)49(43)30-32-51-8/h9-13,15-16,19-28,48H,14,17-18,29-32H2,1-8H3/b25-21+,35-24+,38-9-,43-28+. The van der Waals surface area contributed by atoms with E-state index in [4.69, 9.17) is 9.47 Å². The van der Waals surface area contributed by atoms with Crippen LogP contribution in [0.3, 0.4) is 0 Å². The van der Waals surface area contributed by atoms with Crippen molar-refractivity contribution in [2.45, 2.75) is 71.6 Å². The summed E-state index contributed by atoms with van der Waals surface area (Å²) in [7, 11) is 3.54. The predicted molar refractivity (Wildman–Crippen MR) is 219 cm³/mol. The minimum Gasteiger partial charge on any atom is -0.383 e. The molecule has 1 aliphatic carbocycles. The van der Waals surface area contributed by atoms with Gasteiger partial charge in [0.2, 0.25) is 0 Å². The number of methoxy groups -OCH3 is 2. The van der Waals surface area contributed by atoms with Crippen molar-refractivity contribution in [3.8, 4) is 0 Å². The van der Waals surface area contributed by atoms with Crippen molar-refractivity contribution in [2.24, 2.45) is 0 Å². The zero-order valence-corrected chi connectivity index (χ0v) is 32.0. The molecule has 0 radical (unpaired) electrons. The molecule has 0 saturated heterocycles. The molecule has 0 spiro atoms. The van der Waals surface area contributed by atoms with Crippen LogP contribution in [0.2, 0.25) is 0 Å². The lowest BCUT2D eigenvalue weighted by molar-refractivity contribution is 0.206. The second-order valence-corrected chi connectivity index (χ2v) is 15.0. The van der Waals surface area contributed by atoms with E-state index in [9.17, 15) is 0 Å². The van der Waals surface area contributed by atoms with E-state index in [1.54, 1.807) is 14.2 Å². The number of nitrogens with one attached hydrogen (secondary N) is 1. The molecule has 0 atom stereocenters. The number of fused-ring (bicyclic) bond motifs is 4. The number of rotatable bonds is 12. The van der Waals surface area contributed by atoms with Crippen LogP contribution in [0.1, 0.15) is 71.9 Å². The highest BCUT2D eigenvalue weighted by Gasteiger charge is 2.41. The number of allylic oxidation sites excluding steroid dienone is 10. The molecule has 0 amide bonds. The minimum atomic E-state index is -0.230. The van der Waals surface area contributed by atoms with Crippen LogP contribution in [0.25, 0.3) is 21.5 Å². The van der Waals surface area contributed by atoms with Gasteiger partial charge in [0, 0.05) is 55.2 Å². The lowest BCUT2D eigenvalue weighted by Crippen LogP contribution is -2.29. The van der Waals surface area contributed by atoms with Gasteiger partial charge in [-0.3, -0.25) is 0 Å². The highest BCUT2D eigenvalue weighted by molar-refractivity contribution is 5.95. The first kappa shape index (κ1) is 36.4. The summed E-state index contributed by atoms with van der Waals surface area (Å²) in [6.07, 6.45) is 15.2. The van der Waals surface area contributed by atoms with Gasteiger partial charge in [0.1, 0.15) is 0 Å². The summed E-state index contributed by atoms with van der Waals surface area (Å²) in [4.78, 5) is 2.48. The molecule has 0 unspecified atom stereocenters. The second kappa shape index (κ2) is 15.5. The van der Waals surface area contributed by atoms with Gasteiger partial charge < -0.3 is 19.7 Å². The molecule has 1 aliphatic heterocycles. The van der Waals surface area contributed by atoms with E-state index in [1.165, 1.54) is 72.0 Å². The Hall–Kier alpha value is -4.38. The van der Waals surface area contributed by atoms with Gasteiger partial charge in [-0.1, -0.05) is 113 Å². The first-order chi connectivity index (χ1) is 24.6. The van der Waals surface area contributed by atoms with Gasteiger partial charge in [-0.2, -0.15) is 0 Å². The van der Waals surface area contributed by atoms with Gasteiger partial charge in [-0.05, 0) is 106 Å². The number of hydrogen-bond donors (Lipinski definition) is 1. The molecule has 6 rings (SSSR count). The van der Waals surface area contributed by atoms with Gasteiger partial charge >= 0.3 is 0 Å². The molecule has 0 bridgehead atoms. The Kier molecular flexibility index (Phi) is 11.0. The first-order valence-corrected chi connectivity index (χ1v) is 18.6. The van der Waals surface area contributed by atoms with Crippen LogP contribution in [0.5, 0.6) is 0 Å². The number of anilines is 2. The molecule has 0 aromatic heterocycles. The summed E-state index contributed by atoms with van der Waals surface area (Å²) in [6.45, 7) is 16.9. The Morgan fingerprint density at radius 1 is 0.863 bits per heavy atom. The van der Waals surface area contributed by atoms with Gasteiger partial charge in [-0.15, -0.1) is 0 Å². The lowest BCUT2D eigenvalue weighted by Gasteiger charge is -2.31. The molecule has 266 valence electrons. The van der Waals surface area contributed by atoms with Crippen molar-refractivity contribution in [1.29, 1.82) is 0 Å². The number of nitrogens with zero attached hydrogens (tertiary/aromatic N) is 1. The molecule has 2 aliphatic rings. The Morgan fingerprint density at radius 3 is 2.27 bits per heavy atom. The normalized spacial score (nSPS) is 18.2. The van der Waals surface area contributed by atoms with Crippen LogP contribution in [0.15, 0.2) is 131 Å². The lowest BCUT2D eigenvalue weighted by atomic mass is 9.74. The second-order valence-electron chi connectivity index (χ2n) is 15.0. The van der Waals surface area contributed by atoms with Crippen LogP contribution in [-0.2, 0) is 20.3 Å². The number of hydrogen-bond acceptors (Lipinski definition) is 4. The molecule has 0 fully saturated rings. The van der Waals surface area contributed by atoms with Crippen molar-refractivity contribution < 1.29 is 9.47 Å². The van der Waals surface area contributed by atoms with Crippen molar-refractivity contribution in [1.82, 2.24) is 0 Å². The fourth-order valence-corrected chi connectivity index (χ4v) is 8.49. The summed E-state index contributed by atoms with van der Waals surface area (Å²) in [5.74, 6) is 0. The van der Waals surface area contributed by atoms with Gasteiger partial charge in [0.15, 0.2) is 0 Å².